The van der Waals surface area contributed by atoms with Crippen molar-refractivity contribution in [3.8, 4) is 0 Å². The first-order valence-corrected chi connectivity index (χ1v) is 18.9. The number of cyclic esters (lactones) is 1. The Balaban J connectivity index is 1.98. The molecule has 2 fully saturated rings. The molecule has 2 heterocycles. The molecule has 2 saturated heterocycles. The molecule has 12 nitrogen and oxygen atoms in total. The summed E-state index contributed by atoms with van der Waals surface area (Å²) in [5, 5.41) is 11.8. The summed E-state index contributed by atoms with van der Waals surface area (Å²) in [6, 6.07) is 5.71. The van der Waals surface area contributed by atoms with Crippen LogP contribution < -0.4 is 0 Å². The Bertz CT molecular complexity index is 1360. The highest BCUT2D eigenvalue weighted by atomic mass is 35.5. The SMILES string of the molecule is CO[C@]1(C)C[C@@H](C)CN(C)CCCN(S(=O)(=O)c2ccc(Cl)cc2)CCOC(=O)C(C)(C)C(=O)[C@H](C)[C@H]1O[C@@H]1O[C@H](C)C[C@H](N(C)C)[C@H]1O. The van der Waals surface area contributed by atoms with E-state index in [1.54, 1.807) is 14.0 Å². The lowest BCUT2D eigenvalue weighted by Gasteiger charge is -2.47. The van der Waals surface area contributed by atoms with E-state index in [0.29, 0.717) is 37.4 Å². The van der Waals surface area contributed by atoms with Crippen molar-refractivity contribution in [1.29, 1.82) is 0 Å². The maximum atomic E-state index is 14.3. The molecule has 8 atom stereocenters. The molecule has 14 heteroatoms. The second kappa shape index (κ2) is 17.2. The van der Waals surface area contributed by atoms with Gasteiger partial charge in [-0.15, -0.1) is 0 Å². The predicted molar refractivity (Wildman–Crippen MR) is 188 cm³/mol. The van der Waals surface area contributed by atoms with Gasteiger partial charge in [-0.2, -0.15) is 4.31 Å². The third-order valence-electron chi connectivity index (χ3n) is 9.97. The predicted octanol–water partition coefficient (Wildman–Crippen LogP) is 3.68. The smallest absolute Gasteiger partial charge is 0.319 e. The molecule has 0 saturated carbocycles. The van der Waals surface area contributed by atoms with Crippen molar-refractivity contribution in [2.24, 2.45) is 17.3 Å². The fraction of sp³-hybridized carbons (Fsp3) is 0.771. The van der Waals surface area contributed by atoms with E-state index < -0.39 is 57.2 Å². The quantitative estimate of drug-likeness (QED) is 0.339. The van der Waals surface area contributed by atoms with E-state index in [9.17, 15) is 23.1 Å². The van der Waals surface area contributed by atoms with Gasteiger partial charge in [-0.25, -0.2) is 8.42 Å². The molecule has 0 bridgehead atoms. The molecule has 49 heavy (non-hydrogen) atoms. The molecule has 0 radical (unpaired) electrons. The van der Waals surface area contributed by atoms with E-state index in [1.165, 1.54) is 42.4 Å². The number of aliphatic hydroxyl groups excluding tert-OH is 1. The summed E-state index contributed by atoms with van der Waals surface area (Å²) in [5.41, 5.74) is -2.63. The molecule has 0 unspecified atom stereocenters. The summed E-state index contributed by atoms with van der Waals surface area (Å²) in [6.07, 6.45) is -1.54. The van der Waals surface area contributed by atoms with E-state index in [0.717, 1.165) is 0 Å². The van der Waals surface area contributed by atoms with Crippen LogP contribution in [-0.2, 0) is 38.6 Å². The summed E-state index contributed by atoms with van der Waals surface area (Å²) in [6.45, 7) is 11.7. The normalized spacial score (nSPS) is 34.0. The van der Waals surface area contributed by atoms with Gasteiger partial charge in [0, 0.05) is 43.7 Å². The number of nitrogens with zero attached hydrogens (tertiary/aromatic N) is 3. The number of carbonyl (C=O) groups excluding carboxylic acids is 2. The van der Waals surface area contributed by atoms with Crippen LogP contribution in [-0.4, -0.2) is 137 Å². The van der Waals surface area contributed by atoms with Crippen molar-refractivity contribution in [2.75, 3.05) is 61.0 Å². The van der Waals surface area contributed by atoms with Gasteiger partial charge in [0.05, 0.1) is 22.7 Å². The molecule has 0 amide bonds. The van der Waals surface area contributed by atoms with Gasteiger partial charge in [0.1, 0.15) is 18.1 Å². The lowest BCUT2D eigenvalue weighted by molar-refractivity contribution is -0.295. The molecule has 0 spiro atoms. The second-order valence-corrected chi connectivity index (χ2v) is 17.2. The minimum absolute atomic E-state index is 0.0524. The highest BCUT2D eigenvalue weighted by molar-refractivity contribution is 7.89. The van der Waals surface area contributed by atoms with Crippen molar-refractivity contribution in [1.82, 2.24) is 14.1 Å². The molecule has 1 aromatic rings. The summed E-state index contributed by atoms with van der Waals surface area (Å²) in [4.78, 5) is 32.0. The molecule has 0 aromatic heterocycles. The summed E-state index contributed by atoms with van der Waals surface area (Å²) in [5.74, 6) is -2.05. The maximum absolute atomic E-state index is 14.3. The van der Waals surface area contributed by atoms with Crippen LogP contribution in [0.1, 0.15) is 60.8 Å². The van der Waals surface area contributed by atoms with Gasteiger partial charge in [-0.05, 0) is 105 Å². The van der Waals surface area contributed by atoms with Crippen molar-refractivity contribution in [3.63, 3.8) is 0 Å². The topological polar surface area (TPSA) is 135 Å². The van der Waals surface area contributed by atoms with Crippen LogP contribution in [0.2, 0.25) is 5.02 Å². The number of sulfonamides is 1. The van der Waals surface area contributed by atoms with Gasteiger partial charge in [0.2, 0.25) is 10.0 Å². The highest BCUT2D eigenvalue weighted by Gasteiger charge is 2.51. The monoisotopic (exact) mass is 731 g/mol. The van der Waals surface area contributed by atoms with Gasteiger partial charge < -0.3 is 33.9 Å². The lowest BCUT2D eigenvalue weighted by atomic mass is 9.74. The van der Waals surface area contributed by atoms with Gasteiger partial charge in [0.15, 0.2) is 12.1 Å². The Kier molecular flexibility index (Phi) is 14.7. The van der Waals surface area contributed by atoms with Crippen LogP contribution in [0.15, 0.2) is 29.2 Å². The van der Waals surface area contributed by atoms with Gasteiger partial charge in [0.25, 0.3) is 0 Å². The fourth-order valence-electron chi connectivity index (χ4n) is 7.14. The number of ketones is 1. The van der Waals surface area contributed by atoms with E-state index in [1.807, 2.05) is 39.9 Å². The minimum atomic E-state index is -3.93. The fourth-order valence-corrected chi connectivity index (χ4v) is 8.73. The van der Waals surface area contributed by atoms with Crippen LogP contribution in [0.3, 0.4) is 0 Å². The van der Waals surface area contributed by atoms with Crippen LogP contribution in [0.5, 0.6) is 0 Å². The summed E-state index contributed by atoms with van der Waals surface area (Å²) < 4.78 is 53.1. The zero-order valence-corrected chi connectivity index (χ0v) is 32.4. The van der Waals surface area contributed by atoms with Crippen LogP contribution in [0.25, 0.3) is 0 Å². The molecule has 2 aliphatic heterocycles. The first-order valence-electron chi connectivity index (χ1n) is 17.1. The van der Waals surface area contributed by atoms with Gasteiger partial charge >= 0.3 is 5.97 Å². The van der Waals surface area contributed by atoms with Crippen molar-refractivity contribution < 1.29 is 42.1 Å². The molecule has 1 N–H and O–H groups in total. The van der Waals surface area contributed by atoms with E-state index in [4.69, 9.17) is 30.5 Å². The number of esters is 1. The number of rotatable bonds is 6. The third kappa shape index (κ3) is 10.2. The van der Waals surface area contributed by atoms with Crippen LogP contribution in [0.4, 0.5) is 0 Å². The number of hydrogen-bond acceptors (Lipinski definition) is 11. The standard InChI is InChI=1S/C35H58ClN3O9S/c1-23-21-35(6,45-10)31(48-32-29(40)28(37(7)8)20-24(2)47-32)25(3)30(41)34(4,5)33(42)46-19-18-39(17-11-16-38(9)22-23)49(43,44)27-14-12-26(36)13-15-27/h12-15,23-25,28-29,31-32,40H,11,16-22H2,1-10H3/t23-,24-,25+,28+,29-,31-,32+,35-/m1/s1. The van der Waals surface area contributed by atoms with Crippen molar-refractivity contribution >= 4 is 33.4 Å². The molecule has 0 aliphatic carbocycles. The van der Waals surface area contributed by atoms with Crippen molar-refractivity contribution in [3.05, 3.63) is 29.3 Å². The Hall–Kier alpha value is -1.68. The van der Waals surface area contributed by atoms with Crippen molar-refractivity contribution in [2.45, 2.75) is 102 Å². The number of aliphatic hydroxyl groups is 1. The van der Waals surface area contributed by atoms with Gasteiger partial charge in [-0.1, -0.05) is 25.4 Å². The van der Waals surface area contributed by atoms with E-state index in [2.05, 4.69) is 11.8 Å². The summed E-state index contributed by atoms with van der Waals surface area (Å²) >= 11 is 6.01. The zero-order valence-electron chi connectivity index (χ0n) is 30.8. The molecule has 1 aromatic carbocycles. The largest absolute Gasteiger partial charge is 0.464 e. The third-order valence-corrected chi connectivity index (χ3v) is 12.1. The maximum Gasteiger partial charge on any atom is 0.319 e. The first kappa shape index (κ1) is 41.7. The molecular weight excluding hydrogens is 674 g/mol. The average Bonchev–Trinajstić information content (AvgIpc) is 3.02. The Morgan fingerprint density at radius 1 is 1.04 bits per heavy atom. The molecule has 280 valence electrons. The molecule has 2 aliphatic rings. The highest BCUT2D eigenvalue weighted by Crippen LogP contribution is 2.38. The number of ether oxygens (including phenoxy) is 4. The number of Topliss-reactive ketones (excluding diaryl/α,β-unsaturated/α-hetero) is 1. The van der Waals surface area contributed by atoms with E-state index >= 15 is 0 Å². The lowest BCUT2D eigenvalue weighted by Crippen LogP contribution is -2.59. The summed E-state index contributed by atoms with van der Waals surface area (Å²) in [7, 11) is 3.41. The number of methoxy groups -OCH3 is 1. The van der Waals surface area contributed by atoms with Crippen LogP contribution in [0, 0.1) is 17.3 Å². The zero-order chi connectivity index (χ0) is 36.9. The number of benzene rings is 1. The van der Waals surface area contributed by atoms with Crippen LogP contribution >= 0.6 is 11.6 Å². The Morgan fingerprint density at radius 3 is 2.27 bits per heavy atom. The number of likely N-dealkylation sites (N-methyl/N-ethyl adjacent to an activating group) is 1. The second-order valence-electron chi connectivity index (χ2n) is 14.8. The van der Waals surface area contributed by atoms with E-state index in [-0.39, 0.29) is 42.7 Å². The minimum Gasteiger partial charge on any atom is -0.464 e. The average molecular weight is 732 g/mol. The number of halogens is 1. The number of carbonyl (C=O) groups is 2. The molecular formula is C35H58ClN3O9S. The van der Waals surface area contributed by atoms with Gasteiger partial charge in [-0.3, -0.25) is 9.59 Å². The Morgan fingerprint density at radius 2 is 1.67 bits per heavy atom. The first-order chi connectivity index (χ1) is 22.7. The Labute approximate surface area is 298 Å². The molecule has 3 rings (SSSR count). The number of hydrogen-bond donors (Lipinski definition) is 1.